The number of nitrogens with zero attached hydrogens (tertiary/aromatic N) is 4. The van der Waals surface area contributed by atoms with Crippen LogP contribution in [-0.4, -0.2) is 91.0 Å². The van der Waals surface area contributed by atoms with Crippen LogP contribution in [0.5, 0.6) is 11.6 Å². The van der Waals surface area contributed by atoms with Crippen molar-refractivity contribution < 1.29 is 32.2 Å². The predicted molar refractivity (Wildman–Crippen MR) is 166 cm³/mol. The number of likely N-dealkylation sites (tertiary alicyclic amines) is 1. The van der Waals surface area contributed by atoms with Crippen LogP contribution in [0.25, 0.3) is 0 Å². The van der Waals surface area contributed by atoms with Gasteiger partial charge in [0, 0.05) is 31.8 Å². The molecule has 0 bridgehead atoms. The fraction of sp³-hybridized carbons (Fsp3) is 0.452. The molecule has 2 heterocycles. The summed E-state index contributed by atoms with van der Waals surface area (Å²) in [6, 6.07) is 12.0. The van der Waals surface area contributed by atoms with Crippen molar-refractivity contribution in [1.29, 1.82) is 0 Å². The lowest BCUT2D eigenvalue weighted by molar-refractivity contribution is -0.140. The molecule has 5 rings (SSSR count). The van der Waals surface area contributed by atoms with Crippen LogP contribution in [0.3, 0.4) is 0 Å². The molecule has 1 aliphatic carbocycles. The average molecular weight is 647 g/mol. The molecule has 10 nitrogen and oxygen atoms in total. The minimum absolute atomic E-state index is 0.118. The van der Waals surface area contributed by atoms with Gasteiger partial charge in [-0.2, -0.15) is 18.2 Å². The van der Waals surface area contributed by atoms with Crippen LogP contribution in [-0.2, 0) is 17.3 Å². The van der Waals surface area contributed by atoms with Crippen LogP contribution in [0.15, 0.2) is 48.7 Å². The van der Waals surface area contributed by atoms with E-state index < -0.39 is 23.7 Å². The van der Waals surface area contributed by atoms with Crippen molar-refractivity contribution in [3.05, 3.63) is 70.9 Å². The van der Waals surface area contributed by atoms with Crippen molar-refractivity contribution in [1.82, 2.24) is 24.5 Å². The number of anilines is 2. The Bertz CT molecular complexity index is 1510. The van der Waals surface area contributed by atoms with Crippen molar-refractivity contribution in [2.24, 2.45) is 0 Å². The smallest absolute Gasteiger partial charge is 0.423 e. The van der Waals surface area contributed by atoms with Gasteiger partial charge in [0.2, 0.25) is 11.8 Å². The van der Waals surface area contributed by atoms with Gasteiger partial charge in [-0.1, -0.05) is 36.2 Å². The van der Waals surface area contributed by atoms with Gasteiger partial charge in [-0.05, 0) is 62.6 Å². The van der Waals surface area contributed by atoms with E-state index in [-0.39, 0.29) is 35.8 Å². The normalized spacial score (nSPS) is 21.8. The number of hydrogen-bond donors (Lipinski definition) is 2. The third kappa shape index (κ3) is 7.29. The second-order valence-electron chi connectivity index (χ2n) is 11.1. The van der Waals surface area contributed by atoms with Crippen molar-refractivity contribution >= 4 is 29.5 Å². The third-order valence-electron chi connectivity index (χ3n) is 8.24. The quantitative estimate of drug-likeness (QED) is 0.295. The molecule has 4 atom stereocenters. The van der Waals surface area contributed by atoms with Crippen LogP contribution in [0.1, 0.15) is 39.5 Å². The van der Waals surface area contributed by atoms with Gasteiger partial charge in [0.25, 0.3) is 5.91 Å². The second kappa shape index (κ2) is 13.8. The number of rotatable bonds is 10. The first-order valence-corrected chi connectivity index (χ1v) is 15.6. The molecule has 1 aromatic heterocycles. The Morgan fingerprint density at radius 2 is 1.93 bits per heavy atom. The number of alkyl halides is 3. The molecule has 14 heteroatoms. The van der Waals surface area contributed by atoms with E-state index in [4.69, 9.17) is 14.2 Å². The fourth-order valence-corrected chi connectivity index (χ4v) is 6.30. The lowest BCUT2D eigenvalue weighted by Crippen LogP contribution is -2.53. The molecule has 2 aromatic carbocycles. The summed E-state index contributed by atoms with van der Waals surface area (Å²) in [5.74, 6) is -0.695. The Balaban J connectivity index is 1.37. The zero-order valence-corrected chi connectivity index (χ0v) is 26.5. The topological polar surface area (TPSA) is 101 Å². The zero-order valence-electron chi connectivity index (χ0n) is 25.7. The van der Waals surface area contributed by atoms with Gasteiger partial charge in [-0.15, -0.1) is 0 Å². The molecule has 0 saturated carbocycles. The Kier molecular flexibility index (Phi) is 10.1. The minimum Gasteiger partial charge on any atom is -0.495 e. The Hall–Kier alpha value is -3.59. The molecule has 0 unspecified atom stereocenters. The molecule has 1 aliphatic heterocycles. The maximum Gasteiger partial charge on any atom is 0.423 e. The van der Waals surface area contributed by atoms with E-state index in [9.17, 15) is 18.0 Å². The summed E-state index contributed by atoms with van der Waals surface area (Å²) >= 11 is 1.47. The number of carbonyl (C=O) groups is 1. The molecule has 1 fully saturated rings. The fourth-order valence-electron chi connectivity index (χ4n) is 5.82. The van der Waals surface area contributed by atoms with Gasteiger partial charge in [0.15, 0.2) is 0 Å². The summed E-state index contributed by atoms with van der Waals surface area (Å²) in [6.45, 7) is 1.54. The Morgan fingerprint density at radius 3 is 2.64 bits per heavy atom. The highest BCUT2D eigenvalue weighted by atomic mass is 32.2. The highest BCUT2D eigenvalue weighted by Crippen LogP contribution is 2.42. The SMILES string of the molecule is COc1cc(C(=O)N[C@H]2CCN(C)C[C@@H]2OC)ccc1Nc1ncc(C(F)(F)F)c(O[C@@H]2Cc3ccccc3[C@H]2N(C)SC)n1. The van der Waals surface area contributed by atoms with Crippen molar-refractivity contribution in [3.8, 4) is 11.6 Å². The van der Waals surface area contributed by atoms with Gasteiger partial charge in [0.05, 0.1) is 31.0 Å². The number of hydrogen-bond acceptors (Lipinski definition) is 10. The molecule has 45 heavy (non-hydrogen) atoms. The molecule has 0 spiro atoms. The number of likely N-dealkylation sites (N-methyl/N-ethyl adjacent to an activating group) is 2. The van der Waals surface area contributed by atoms with Crippen LogP contribution in [0.4, 0.5) is 24.8 Å². The predicted octanol–water partition coefficient (Wildman–Crippen LogP) is 4.95. The molecule has 0 radical (unpaired) electrons. The van der Waals surface area contributed by atoms with Gasteiger partial charge in [0.1, 0.15) is 17.4 Å². The number of nitrogens with one attached hydrogen (secondary N) is 2. The summed E-state index contributed by atoms with van der Waals surface area (Å²) in [6.07, 6.45) is -1.70. The maximum absolute atomic E-state index is 14.1. The van der Waals surface area contributed by atoms with Gasteiger partial charge in [-0.25, -0.2) is 9.29 Å². The molecule has 1 amide bonds. The van der Waals surface area contributed by atoms with Gasteiger partial charge < -0.3 is 29.7 Å². The number of fused-ring (bicyclic) bond motifs is 1. The first-order chi connectivity index (χ1) is 21.5. The van der Waals surface area contributed by atoms with E-state index in [2.05, 4.69) is 25.5 Å². The summed E-state index contributed by atoms with van der Waals surface area (Å²) in [5.41, 5.74) is 1.66. The third-order valence-corrected chi connectivity index (χ3v) is 9.04. The lowest BCUT2D eigenvalue weighted by atomic mass is 10.0. The van der Waals surface area contributed by atoms with E-state index in [1.165, 1.54) is 19.1 Å². The number of ether oxygens (including phenoxy) is 3. The van der Waals surface area contributed by atoms with Crippen molar-refractivity contribution in [2.45, 2.75) is 43.3 Å². The molecule has 1 saturated heterocycles. The lowest BCUT2D eigenvalue weighted by Gasteiger charge is -2.36. The highest BCUT2D eigenvalue weighted by molar-refractivity contribution is 7.96. The van der Waals surface area contributed by atoms with E-state index in [1.807, 2.05) is 48.9 Å². The molecule has 242 valence electrons. The number of methoxy groups -OCH3 is 2. The minimum atomic E-state index is -4.73. The number of piperidine rings is 1. The summed E-state index contributed by atoms with van der Waals surface area (Å²) < 4.78 is 61.3. The van der Waals surface area contributed by atoms with Gasteiger partial charge in [-0.3, -0.25) is 4.79 Å². The Morgan fingerprint density at radius 1 is 1.16 bits per heavy atom. The van der Waals surface area contributed by atoms with Crippen molar-refractivity contribution in [2.75, 3.05) is 53.0 Å². The second-order valence-corrected chi connectivity index (χ2v) is 12.0. The summed E-state index contributed by atoms with van der Waals surface area (Å²) in [5, 5.41) is 5.97. The number of halogens is 3. The first kappa shape index (κ1) is 32.8. The van der Waals surface area contributed by atoms with Crippen LogP contribution < -0.4 is 20.1 Å². The van der Waals surface area contributed by atoms with Gasteiger partial charge >= 0.3 is 6.18 Å². The van der Waals surface area contributed by atoms with E-state index in [1.54, 1.807) is 25.3 Å². The first-order valence-electron chi connectivity index (χ1n) is 14.4. The molecule has 2 N–H and O–H groups in total. The van der Waals surface area contributed by atoms with Crippen LogP contribution >= 0.6 is 11.9 Å². The molecular weight excluding hydrogens is 609 g/mol. The van der Waals surface area contributed by atoms with Crippen LogP contribution in [0.2, 0.25) is 0 Å². The Labute approximate surface area is 264 Å². The van der Waals surface area contributed by atoms with E-state index >= 15 is 0 Å². The molecule has 2 aliphatic rings. The van der Waals surface area contributed by atoms with Crippen LogP contribution in [0, 0.1) is 0 Å². The number of benzene rings is 2. The number of aromatic nitrogens is 2. The average Bonchev–Trinajstić information content (AvgIpc) is 3.38. The standard InChI is InChI=1S/C31H37F3N6O4S/c1-39-13-12-23(26(17-39)43-4)36-28(41)19-10-11-22(24(15-19)42-3)37-30-35-16-21(31(32,33)34)29(38-30)44-25-14-18-8-6-7-9-20(18)27(25)40(2)45-5/h6-11,15-16,23,25-27H,12-14,17H2,1-5H3,(H,36,41)(H,35,37,38)/t23-,25+,26-,27+/m0/s1. The number of carbonyl (C=O) groups excluding carboxylic acids is 1. The number of amides is 1. The van der Waals surface area contributed by atoms with E-state index in [0.29, 0.717) is 30.4 Å². The molecule has 3 aromatic rings. The summed E-state index contributed by atoms with van der Waals surface area (Å²) in [7, 11) is 6.94. The van der Waals surface area contributed by atoms with E-state index in [0.717, 1.165) is 24.1 Å². The zero-order chi connectivity index (χ0) is 32.3. The maximum atomic E-state index is 14.1. The monoisotopic (exact) mass is 646 g/mol. The largest absolute Gasteiger partial charge is 0.495 e. The van der Waals surface area contributed by atoms with Crippen molar-refractivity contribution in [3.63, 3.8) is 0 Å². The molecular formula is C31H37F3N6O4S. The summed E-state index contributed by atoms with van der Waals surface area (Å²) in [4.78, 5) is 23.4. The highest BCUT2D eigenvalue weighted by Gasteiger charge is 2.41.